The van der Waals surface area contributed by atoms with E-state index in [1.165, 1.54) is 29.5 Å². The quantitative estimate of drug-likeness (QED) is 0.547. The lowest BCUT2D eigenvalue weighted by Crippen LogP contribution is -2.42. The van der Waals surface area contributed by atoms with Crippen LogP contribution in [-0.4, -0.2) is 33.8 Å². The molecule has 0 aliphatic carbocycles. The van der Waals surface area contributed by atoms with Crippen LogP contribution in [-0.2, 0) is 21.9 Å². The number of thioether (sulfide) groups is 1. The lowest BCUT2D eigenvalue weighted by atomic mass is 10.1. The lowest BCUT2D eigenvalue weighted by Gasteiger charge is -2.25. The van der Waals surface area contributed by atoms with Crippen molar-refractivity contribution in [2.45, 2.75) is 31.7 Å². The molecule has 0 saturated carbocycles. The van der Waals surface area contributed by atoms with Gasteiger partial charge in [-0.3, -0.25) is 14.6 Å². The van der Waals surface area contributed by atoms with Crippen LogP contribution in [0.25, 0.3) is 0 Å². The topological polar surface area (TPSA) is 74.1 Å². The van der Waals surface area contributed by atoms with E-state index >= 15 is 0 Å². The number of halogens is 1. The number of amides is 2. The smallest absolute Gasteiger partial charge is 0.259 e. The predicted molar refractivity (Wildman–Crippen MR) is 136 cm³/mol. The summed E-state index contributed by atoms with van der Waals surface area (Å²) in [4.78, 5) is 36.9. The van der Waals surface area contributed by atoms with Gasteiger partial charge in [-0.05, 0) is 42.3 Å². The number of benzene rings is 3. The van der Waals surface area contributed by atoms with Gasteiger partial charge in [0.1, 0.15) is 17.7 Å². The Morgan fingerprint density at radius 2 is 1.74 bits per heavy atom. The van der Waals surface area contributed by atoms with Gasteiger partial charge in [0.15, 0.2) is 5.17 Å². The third-order valence-corrected chi connectivity index (χ3v) is 6.83. The summed E-state index contributed by atoms with van der Waals surface area (Å²) in [6.45, 7) is 2.29. The van der Waals surface area contributed by atoms with E-state index in [4.69, 9.17) is 4.99 Å². The maximum atomic E-state index is 13.4. The molecule has 0 spiro atoms. The number of aryl methyl sites for hydroxylation is 1. The lowest BCUT2D eigenvalue weighted by molar-refractivity contribution is -0.128. The largest absolute Gasteiger partial charge is 0.352 e. The maximum absolute atomic E-state index is 13.4. The maximum Gasteiger partial charge on any atom is 0.259 e. The Labute approximate surface area is 207 Å². The molecule has 3 aromatic carbocycles. The number of carbonyl (C=O) groups excluding carboxylic acids is 2. The number of hydrogen-bond acceptors (Lipinski definition) is 5. The van der Waals surface area contributed by atoms with Crippen LogP contribution >= 0.6 is 11.8 Å². The molecule has 5 rings (SSSR count). The van der Waals surface area contributed by atoms with Gasteiger partial charge in [0.2, 0.25) is 5.91 Å². The Kier molecular flexibility index (Phi) is 6.46. The Bertz CT molecular complexity index is 1340. The van der Waals surface area contributed by atoms with Crippen molar-refractivity contribution in [1.29, 1.82) is 0 Å². The first-order chi connectivity index (χ1) is 17.0. The molecule has 35 heavy (non-hydrogen) atoms. The second-order valence-corrected chi connectivity index (χ2v) is 9.38. The highest BCUT2D eigenvalue weighted by Crippen LogP contribution is 2.34. The summed E-state index contributed by atoms with van der Waals surface area (Å²) in [5.41, 5.74) is 4.62. The highest BCUT2D eigenvalue weighted by atomic mass is 32.2. The highest BCUT2D eigenvalue weighted by Gasteiger charge is 2.42. The van der Waals surface area contributed by atoms with Crippen molar-refractivity contribution in [1.82, 2.24) is 10.2 Å². The van der Waals surface area contributed by atoms with E-state index in [1.54, 1.807) is 17.0 Å². The molecule has 176 valence electrons. The van der Waals surface area contributed by atoms with Crippen LogP contribution in [0.1, 0.15) is 28.7 Å². The molecule has 2 amide bonds. The average Bonchev–Trinajstić information content (AvgIpc) is 3.19. The minimum absolute atomic E-state index is 0.0713. The van der Waals surface area contributed by atoms with Crippen LogP contribution in [0.4, 0.5) is 10.1 Å². The molecule has 0 fully saturated rings. The number of fused-ring (bicyclic) bond motifs is 3. The third-order valence-electron chi connectivity index (χ3n) is 5.82. The molecular weight excluding hydrogens is 463 g/mol. The second kappa shape index (κ2) is 9.84. The van der Waals surface area contributed by atoms with Crippen LogP contribution in [0.2, 0.25) is 0 Å². The number of carbonyl (C=O) groups is 2. The first-order valence-corrected chi connectivity index (χ1v) is 12.3. The number of para-hydroxylation sites is 1. The molecule has 0 saturated heterocycles. The summed E-state index contributed by atoms with van der Waals surface area (Å²) in [5, 5.41) is 3.35. The molecule has 8 heteroatoms. The van der Waals surface area contributed by atoms with Crippen LogP contribution in [0.3, 0.4) is 0 Å². The van der Waals surface area contributed by atoms with Gasteiger partial charge in [-0.2, -0.15) is 0 Å². The van der Waals surface area contributed by atoms with Gasteiger partial charge in [0, 0.05) is 17.9 Å². The minimum atomic E-state index is -0.824. The Hall–Kier alpha value is -3.78. The van der Waals surface area contributed by atoms with Gasteiger partial charge in [0.25, 0.3) is 5.91 Å². The molecule has 1 atom stereocenters. The highest BCUT2D eigenvalue weighted by molar-refractivity contribution is 8.13. The summed E-state index contributed by atoms with van der Waals surface area (Å²) in [6.07, 6.45) is -0.0713. The van der Waals surface area contributed by atoms with E-state index < -0.39 is 6.04 Å². The second-order valence-electron chi connectivity index (χ2n) is 8.44. The zero-order chi connectivity index (χ0) is 24.4. The summed E-state index contributed by atoms with van der Waals surface area (Å²) >= 11 is 1.47. The summed E-state index contributed by atoms with van der Waals surface area (Å²) < 4.78 is 13.1. The normalized spacial score (nSPS) is 16.3. The first kappa shape index (κ1) is 23.0. The number of rotatable bonds is 6. The van der Waals surface area contributed by atoms with Crippen molar-refractivity contribution in [3.8, 4) is 0 Å². The van der Waals surface area contributed by atoms with Crippen LogP contribution in [0, 0.1) is 12.7 Å². The van der Waals surface area contributed by atoms with Gasteiger partial charge in [0.05, 0.1) is 12.1 Å². The fourth-order valence-electron chi connectivity index (χ4n) is 3.91. The van der Waals surface area contributed by atoms with Crippen LogP contribution < -0.4 is 5.32 Å². The van der Waals surface area contributed by atoms with Crippen molar-refractivity contribution < 1.29 is 14.0 Å². The minimum Gasteiger partial charge on any atom is -0.352 e. The monoisotopic (exact) mass is 486 g/mol. The fraction of sp³-hybridized carbons (Fsp3) is 0.185. The summed E-state index contributed by atoms with van der Waals surface area (Å²) in [5.74, 6) is 0.296. The Balaban J connectivity index is 1.32. The summed E-state index contributed by atoms with van der Waals surface area (Å²) in [7, 11) is 0. The van der Waals surface area contributed by atoms with Crippen molar-refractivity contribution in [2.24, 2.45) is 9.98 Å². The molecular formula is C27H23FN4O2S. The zero-order valence-electron chi connectivity index (χ0n) is 19.1. The molecule has 3 aromatic rings. The number of nitrogens with one attached hydrogen (secondary N) is 1. The van der Waals surface area contributed by atoms with Crippen LogP contribution in [0.15, 0.2) is 82.8 Å². The first-order valence-electron chi connectivity index (χ1n) is 11.3. The SMILES string of the molecule is Cc1ccc(CSC2=Nc3ccccc3C3=N[C@H](CC(=O)NCc4ccc(F)cc4)C(=O)N23)cc1. The number of hydrogen-bond donors (Lipinski definition) is 1. The van der Waals surface area contributed by atoms with Gasteiger partial charge < -0.3 is 5.32 Å². The zero-order valence-corrected chi connectivity index (χ0v) is 19.9. The predicted octanol–water partition coefficient (Wildman–Crippen LogP) is 4.73. The van der Waals surface area contributed by atoms with E-state index in [0.29, 0.717) is 16.8 Å². The molecule has 0 unspecified atom stereocenters. The fourth-order valence-corrected chi connectivity index (χ4v) is 4.87. The molecule has 6 nitrogen and oxygen atoms in total. The van der Waals surface area contributed by atoms with E-state index in [9.17, 15) is 14.0 Å². The molecule has 0 aromatic heterocycles. The van der Waals surface area contributed by atoms with E-state index in [1.807, 2.05) is 31.2 Å². The van der Waals surface area contributed by atoms with Gasteiger partial charge in [-0.1, -0.05) is 65.9 Å². The van der Waals surface area contributed by atoms with Crippen molar-refractivity contribution in [3.63, 3.8) is 0 Å². The van der Waals surface area contributed by atoms with Gasteiger partial charge in [-0.25, -0.2) is 14.3 Å². The average molecular weight is 487 g/mol. The molecule has 2 heterocycles. The standard InChI is InChI=1S/C27H23FN4O2S/c1-17-6-8-19(9-7-17)16-35-27-31-22-5-3-2-4-21(22)25-30-23(26(34)32(25)27)14-24(33)29-15-18-10-12-20(28)13-11-18/h2-13,23H,14-16H2,1H3,(H,29,33)/t23-/m1/s1. The van der Waals surface area contributed by atoms with Gasteiger partial charge >= 0.3 is 0 Å². The molecule has 0 radical (unpaired) electrons. The molecule has 2 aliphatic rings. The Morgan fingerprint density at radius 3 is 2.51 bits per heavy atom. The molecule has 1 N–H and O–H groups in total. The molecule has 0 bridgehead atoms. The van der Waals surface area contributed by atoms with E-state index in [0.717, 1.165) is 22.4 Å². The number of aliphatic imine (C=N–C) groups is 2. The van der Waals surface area contributed by atoms with Crippen LogP contribution in [0.5, 0.6) is 0 Å². The van der Waals surface area contributed by atoms with E-state index in [-0.39, 0.29) is 30.6 Å². The van der Waals surface area contributed by atoms with Crippen molar-refractivity contribution in [2.75, 3.05) is 0 Å². The van der Waals surface area contributed by atoms with E-state index in [2.05, 4.69) is 34.6 Å². The Morgan fingerprint density at radius 1 is 1.03 bits per heavy atom. The number of amidine groups is 2. The summed E-state index contributed by atoms with van der Waals surface area (Å²) in [6, 6.07) is 20.9. The van der Waals surface area contributed by atoms with Crippen molar-refractivity contribution >= 4 is 40.3 Å². The number of nitrogens with zero attached hydrogens (tertiary/aromatic N) is 3. The third kappa shape index (κ3) is 5.02. The molecule has 2 aliphatic heterocycles. The van der Waals surface area contributed by atoms with Crippen molar-refractivity contribution in [3.05, 3.63) is 101 Å². The van der Waals surface area contributed by atoms with Gasteiger partial charge in [-0.15, -0.1) is 0 Å².